The average Bonchev–Trinajstić information content (AvgIpc) is 2.65. The van der Waals surface area contributed by atoms with Crippen molar-refractivity contribution in [2.75, 3.05) is 29.1 Å². The molecular formula is C10H12N4O2S2. The highest BCUT2D eigenvalue weighted by molar-refractivity contribution is 7.91. The molecule has 1 aromatic rings. The normalized spacial score (nSPS) is 10.6. The molecule has 0 saturated heterocycles. The van der Waals surface area contributed by atoms with Gasteiger partial charge in [0.2, 0.25) is 0 Å². The average molecular weight is 284 g/mol. The van der Waals surface area contributed by atoms with Gasteiger partial charge in [-0.15, -0.1) is 11.3 Å². The lowest BCUT2D eigenvalue weighted by molar-refractivity contribution is 0.597. The van der Waals surface area contributed by atoms with Crippen molar-refractivity contribution < 1.29 is 8.42 Å². The molecule has 1 heterocycles. The van der Waals surface area contributed by atoms with Crippen LogP contribution in [0.1, 0.15) is 17.4 Å². The summed E-state index contributed by atoms with van der Waals surface area (Å²) < 4.78 is 22.6. The minimum atomic E-state index is -3.06. The van der Waals surface area contributed by atoms with Crippen LogP contribution in [-0.4, -0.2) is 26.5 Å². The van der Waals surface area contributed by atoms with Crippen molar-refractivity contribution in [3.05, 3.63) is 10.4 Å². The summed E-state index contributed by atoms with van der Waals surface area (Å²) in [6, 6.07) is 3.79. The Bertz CT molecular complexity index is 620. The summed E-state index contributed by atoms with van der Waals surface area (Å²) in [7, 11) is -3.06. The molecular weight excluding hydrogens is 272 g/mol. The highest BCUT2D eigenvalue weighted by Gasteiger charge is 2.16. The minimum Gasteiger partial charge on any atom is -0.396 e. The number of thiophene rings is 1. The number of nitrogens with zero attached hydrogens (tertiary/aromatic N) is 2. The predicted octanol–water partition coefficient (Wildman–Crippen LogP) is 0.920. The molecule has 0 saturated carbocycles. The molecule has 0 amide bonds. The van der Waals surface area contributed by atoms with Crippen LogP contribution < -0.4 is 11.1 Å². The Kier molecular flexibility index (Phi) is 4.54. The Labute approximate surface area is 110 Å². The van der Waals surface area contributed by atoms with Gasteiger partial charge in [0.1, 0.15) is 27.6 Å². The van der Waals surface area contributed by atoms with Gasteiger partial charge in [-0.3, -0.25) is 0 Å². The van der Waals surface area contributed by atoms with Crippen LogP contribution in [0.15, 0.2) is 0 Å². The summed E-state index contributed by atoms with van der Waals surface area (Å²) in [6.07, 6.45) is 0. The molecule has 8 heteroatoms. The number of sulfone groups is 1. The molecule has 6 nitrogen and oxygen atoms in total. The van der Waals surface area contributed by atoms with Crippen LogP contribution in [0.3, 0.4) is 0 Å². The van der Waals surface area contributed by atoms with Crippen molar-refractivity contribution in [2.45, 2.75) is 6.92 Å². The Balaban J connectivity index is 2.82. The van der Waals surface area contributed by atoms with Crippen molar-refractivity contribution >= 4 is 31.9 Å². The number of hydrogen-bond acceptors (Lipinski definition) is 7. The van der Waals surface area contributed by atoms with Gasteiger partial charge in [0.15, 0.2) is 9.84 Å². The molecule has 0 aliphatic carbocycles. The predicted molar refractivity (Wildman–Crippen MR) is 71.0 cm³/mol. The molecule has 0 unspecified atom stereocenters. The van der Waals surface area contributed by atoms with Gasteiger partial charge in [-0.1, -0.05) is 6.92 Å². The summed E-state index contributed by atoms with van der Waals surface area (Å²) in [5.74, 6) is 0.0594. The third kappa shape index (κ3) is 3.13. The molecule has 0 aliphatic heterocycles. The van der Waals surface area contributed by atoms with Crippen molar-refractivity contribution in [3.63, 3.8) is 0 Å². The van der Waals surface area contributed by atoms with Gasteiger partial charge in [0.05, 0.1) is 11.4 Å². The molecule has 0 fully saturated rings. The SMILES string of the molecule is CCS(=O)(=O)CCNc1sc(C#N)c(N)c1C#N. The van der Waals surface area contributed by atoms with Gasteiger partial charge in [0.25, 0.3) is 0 Å². The highest BCUT2D eigenvalue weighted by atomic mass is 32.2. The molecule has 1 rings (SSSR count). The van der Waals surface area contributed by atoms with Crippen LogP contribution in [0.5, 0.6) is 0 Å². The van der Waals surface area contributed by atoms with Crippen LogP contribution in [0.4, 0.5) is 10.7 Å². The molecule has 0 aliphatic rings. The summed E-state index contributed by atoms with van der Waals surface area (Å²) >= 11 is 1.05. The number of hydrogen-bond donors (Lipinski definition) is 2. The number of nitrogen functional groups attached to an aromatic ring is 1. The van der Waals surface area contributed by atoms with E-state index in [9.17, 15) is 8.42 Å². The van der Waals surface area contributed by atoms with E-state index in [1.165, 1.54) is 0 Å². The summed E-state index contributed by atoms with van der Waals surface area (Å²) in [6.45, 7) is 1.77. The molecule has 0 radical (unpaired) electrons. The van der Waals surface area contributed by atoms with Crippen LogP contribution in [0, 0.1) is 22.7 Å². The third-order valence-corrected chi connectivity index (χ3v) is 5.07. The zero-order valence-corrected chi connectivity index (χ0v) is 11.4. The number of rotatable bonds is 5. The fourth-order valence-corrected chi connectivity index (χ4v) is 2.82. The lowest BCUT2D eigenvalue weighted by atomic mass is 10.2. The molecule has 96 valence electrons. The quantitative estimate of drug-likeness (QED) is 0.829. The summed E-state index contributed by atoms with van der Waals surface area (Å²) in [5, 5.41) is 21.0. The maximum absolute atomic E-state index is 11.3. The first-order valence-corrected chi connectivity index (χ1v) is 7.75. The Morgan fingerprint density at radius 1 is 1.39 bits per heavy atom. The Morgan fingerprint density at radius 2 is 2.06 bits per heavy atom. The van der Waals surface area contributed by atoms with E-state index < -0.39 is 9.84 Å². The van der Waals surface area contributed by atoms with Crippen LogP contribution in [0.25, 0.3) is 0 Å². The number of nitrogens with two attached hydrogens (primary N) is 1. The van der Waals surface area contributed by atoms with E-state index in [2.05, 4.69) is 5.32 Å². The Hall–Kier alpha value is -1.77. The summed E-state index contributed by atoms with van der Waals surface area (Å²) in [4.78, 5) is 0.257. The third-order valence-electron chi connectivity index (χ3n) is 2.30. The summed E-state index contributed by atoms with van der Waals surface area (Å²) in [5.41, 5.74) is 5.96. The van der Waals surface area contributed by atoms with Crippen molar-refractivity contribution in [1.29, 1.82) is 10.5 Å². The minimum absolute atomic E-state index is 0.0198. The van der Waals surface area contributed by atoms with E-state index in [1.54, 1.807) is 6.92 Å². The van der Waals surface area contributed by atoms with E-state index in [1.807, 2.05) is 12.1 Å². The molecule has 3 N–H and O–H groups in total. The molecule has 0 aromatic carbocycles. The van der Waals surface area contributed by atoms with E-state index in [-0.39, 0.29) is 34.2 Å². The van der Waals surface area contributed by atoms with Gasteiger partial charge in [-0.05, 0) is 0 Å². The van der Waals surface area contributed by atoms with E-state index in [0.717, 1.165) is 11.3 Å². The van der Waals surface area contributed by atoms with Gasteiger partial charge in [-0.25, -0.2) is 8.42 Å². The smallest absolute Gasteiger partial charge is 0.151 e. The largest absolute Gasteiger partial charge is 0.396 e. The van der Waals surface area contributed by atoms with Crippen molar-refractivity contribution in [1.82, 2.24) is 0 Å². The van der Waals surface area contributed by atoms with E-state index >= 15 is 0 Å². The van der Waals surface area contributed by atoms with Crippen LogP contribution in [0.2, 0.25) is 0 Å². The molecule has 0 spiro atoms. The maximum atomic E-state index is 11.3. The van der Waals surface area contributed by atoms with E-state index in [0.29, 0.717) is 5.00 Å². The van der Waals surface area contributed by atoms with Crippen LogP contribution >= 0.6 is 11.3 Å². The molecule has 0 bridgehead atoms. The zero-order chi connectivity index (χ0) is 13.8. The standard InChI is InChI=1S/C10H12N4O2S2/c1-2-18(15,16)4-3-14-10-7(5-11)9(13)8(6-12)17-10/h14H,2-4,13H2,1H3. The molecule has 18 heavy (non-hydrogen) atoms. The van der Waals surface area contributed by atoms with Gasteiger partial charge in [0, 0.05) is 12.3 Å². The van der Waals surface area contributed by atoms with E-state index in [4.69, 9.17) is 16.3 Å². The van der Waals surface area contributed by atoms with Gasteiger partial charge < -0.3 is 11.1 Å². The Morgan fingerprint density at radius 3 is 2.56 bits per heavy atom. The first-order valence-electron chi connectivity index (χ1n) is 5.12. The van der Waals surface area contributed by atoms with Crippen LogP contribution in [-0.2, 0) is 9.84 Å². The number of anilines is 2. The van der Waals surface area contributed by atoms with Crippen molar-refractivity contribution in [3.8, 4) is 12.1 Å². The molecule has 0 atom stereocenters. The second-order valence-electron chi connectivity index (χ2n) is 3.44. The van der Waals surface area contributed by atoms with Crippen molar-refractivity contribution in [2.24, 2.45) is 0 Å². The second kappa shape index (κ2) is 5.71. The van der Waals surface area contributed by atoms with Gasteiger partial charge >= 0.3 is 0 Å². The topological polar surface area (TPSA) is 120 Å². The highest BCUT2D eigenvalue weighted by Crippen LogP contribution is 2.34. The lowest BCUT2D eigenvalue weighted by Gasteiger charge is -2.04. The lowest BCUT2D eigenvalue weighted by Crippen LogP contribution is -2.17. The first-order chi connectivity index (χ1) is 8.45. The molecule has 1 aromatic heterocycles. The maximum Gasteiger partial charge on any atom is 0.151 e. The number of nitrogens with one attached hydrogen (secondary N) is 1. The fraction of sp³-hybridized carbons (Fsp3) is 0.400. The monoisotopic (exact) mass is 284 g/mol. The number of nitriles is 2. The fourth-order valence-electron chi connectivity index (χ4n) is 1.23. The first kappa shape index (κ1) is 14.3. The zero-order valence-electron chi connectivity index (χ0n) is 9.73. The van der Waals surface area contributed by atoms with Gasteiger partial charge in [-0.2, -0.15) is 10.5 Å². The second-order valence-corrected chi connectivity index (χ2v) is 6.93.